The third-order valence-electron chi connectivity index (χ3n) is 2.26. The maximum atomic E-state index is 13.2. The summed E-state index contributed by atoms with van der Waals surface area (Å²) in [6, 6.07) is -1.54. The second kappa shape index (κ2) is 5.45. The van der Waals surface area contributed by atoms with E-state index in [1.165, 1.54) is 0 Å². The van der Waals surface area contributed by atoms with Crippen LogP contribution in [0.15, 0.2) is 19.5 Å². The van der Waals surface area contributed by atoms with E-state index in [9.17, 15) is 27.1 Å². The van der Waals surface area contributed by atoms with Crippen molar-refractivity contribution in [3.05, 3.63) is 25.0 Å². The minimum absolute atomic E-state index is 0.0968. The van der Waals surface area contributed by atoms with Gasteiger partial charge in [0.05, 0.1) is 8.95 Å². The lowest BCUT2D eigenvalue weighted by atomic mass is 10.0. The Bertz CT molecular complexity index is 506. The Morgan fingerprint density at radius 3 is 1.95 bits per heavy atom. The van der Waals surface area contributed by atoms with E-state index in [2.05, 4.69) is 47.8 Å². The van der Waals surface area contributed by atoms with Crippen molar-refractivity contribution < 1.29 is 27.1 Å². The molecule has 0 amide bonds. The Labute approximate surface area is 129 Å². The standard InChI is InChI=1S/C9H5Br3F5NO/c10-2-1-3(11)6(19)5(12)4(2)7(18)8(13,14)9(15,16)17/h1,7,19H,18H2/t7-/m1/s1. The first kappa shape index (κ1) is 17.1. The van der Waals surface area contributed by atoms with Crippen LogP contribution in [0.2, 0.25) is 0 Å². The largest absolute Gasteiger partial charge is 0.506 e. The third kappa shape index (κ3) is 3.06. The summed E-state index contributed by atoms with van der Waals surface area (Å²) in [6.45, 7) is 0. The van der Waals surface area contributed by atoms with Crippen LogP contribution in [0.25, 0.3) is 0 Å². The number of nitrogens with two attached hydrogens (primary N) is 1. The predicted molar refractivity (Wildman–Crippen MR) is 69.1 cm³/mol. The van der Waals surface area contributed by atoms with Gasteiger partial charge in [-0.15, -0.1) is 0 Å². The summed E-state index contributed by atoms with van der Waals surface area (Å²) in [5.41, 5.74) is 4.44. The van der Waals surface area contributed by atoms with Crippen molar-refractivity contribution in [2.75, 3.05) is 0 Å². The van der Waals surface area contributed by atoms with Crippen molar-refractivity contribution in [3.63, 3.8) is 0 Å². The van der Waals surface area contributed by atoms with Gasteiger partial charge in [0.2, 0.25) is 0 Å². The number of rotatable bonds is 2. The van der Waals surface area contributed by atoms with Crippen LogP contribution in [0.5, 0.6) is 5.75 Å². The molecule has 0 bridgehead atoms. The van der Waals surface area contributed by atoms with Crippen LogP contribution in [0.1, 0.15) is 11.6 Å². The molecule has 0 unspecified atom stereocenters. The number of benzene rings is 1. The fraction of sp³-hybridized carbons (Fsp3) is 0.333. The molecule has 0 fully saturated rings. The minimum Gasteiger partial charge on any atom is -0.506 e. The van der Waals surface area contributed by atoms with Gasteiger partial charge in [-0.05, 0) is 37.9 Å². The normalized spacial score (nSPS) is 14.6. The summed E-state index contributed by atoms with van der Waals surface area (Å²) >= 11 is 8.50. The molecule has 0 aromatic heterocycles. The number of aromatic hydroxyl groups is 1. The average molecular weight is 478 g/mol. The summed E-state index contributed by atoms with van der Waals surface area (Å²) in [6.07, 6.45) is -5.80. The van der Waals surface area contributed by atoms with Crippen molar-refractivity contribution in [1.29, 1.82) is 0 Å². The average Bonchev–Trinajstić information content (AvgIpc) is 2.24. The lowest BCUT2D eigenvalue weighted by Crippen LogP contribution is -2.46. The lowest BCUT2D eigenvalue weighted by molar-refractivity contribution is -0.291. The molecule has 0 saturated carbocycles. The fourth-order valence-corrected chi connectivity index (χ4v) is 3.85. The van der Waals surface area contributed by atoms with Crippen LogP contribution in [-0.2, 0) is 0 Å². The highest BCUT2D eigenvalue weighted by Gasteiger charge is 2.62. The maximum absolute atomic E-state index is 13.2. The molecular formula is C9H5Br3F5NO. The monoisotopic (exact) mass is 475 g/mol. The van der Waals surface area contributed by atoms with Crippen LogP contribution >= 0.6 is 47.8 Å². The molecule has 0 saturated heterocycles. The van der Waals surface area contributed by atoms with Crippen molar-refractivity contribution >= 4 is 47.8 Å². The summed E-state index contributed by atoms with van der Waals surface area (Å²) < 4.78 is 62.9. The zero-order valence-corrected chi connectivity index (χ0v) is 13.5. The predicted octanol–water partition coefficient (Wildman–Crippen LogP) is 4.88. The van der Waals surface area contributed by atoms with Crippen LogP contribution in [0.4, 0.5) is 22.0 Å². The lowest BCUT2D eigenvalue weighted by Gasteiger charge is -2.27. The molecule has 2 nitrogen and oxygen atoms in total. The Morgan fingerprint density at radius 2 is 1.53 bits per heavy atom. The smallest absolute Gasteiger partial charge is 0.455 e. The van der Waals surface area contributed by atoms with Gasteiger partial charge in [0.25, 0.3) is 0 Å². The Balaban J connectivity index is 3.44. The molecule has 0 aliphatic carbocycles. The summed E-state index contributed by atoms with van der Waals surface area (Å²) in [5, 5.41) is 9.53. The number of phenols is 1. The van der Waals surface area contributed by atoms with E-state index in [-0.39, 0.29) is 13.4 Å². The summed E-state index contributed by atoms with van der Waals surface area (Å²) in [5.74, 6) is -5.66. The van der Waals surface area contributed by atoms with Crippen molar-refractivity contribution in [2.24, 2.45) is 5.73 Å². The fourth-order valence-electron chi connectivity index (χ4n) is 1.24. The zero-order chi connectivity index (χ0) is 15.2. The Morgan fingerprint density at radius 1 is 1.05 bits per heavy atom. The quantitative estimate of drug-likeness (QED) is 0.597. The number of hydrogen-bond acceptors (Lipinski definition) is 2. The molecule has 3 N–H and O–H groups in total. The second-order valence-corrected chi connectivity index (χ2v) is 6.02. The first-order chi connectivity index (χ1) is 8.41. The Kier molecular flexibility index (Phi) is 4.92. The number of hydrogen-bond donors (Lipinski definition) is 2. The van der Waals surface area contributed by atoms with E-state index in [0.29, 0.717) is 0 Å². The SMILES string of the molecule is N[C@H](c1c(Br)cc(Br)c(O)c1Br)C(F)(F)C(F)(F)F. The van der Waals surface area contributed by atoms with E-state index in [1.807, 2.05) is 0 Å². The van der Waals surface area contributed by atoms with E-state index in [4.69, 9.17) is 5.73 Å². The van der Waals surface area contributed by atoms with Gasteiger partial charge >= 0.3 is 12.1 Å². The van der Waals surface area contributed by atoms with Gasteiger partial charge in [-0.2, -0.15) is 22.0 Å². The van der Waals surface area contributed by atoms with Gasteiger partial charge in [0.1, 0.15) is 11.8 Å². The van der Waals surface area contributed by atoms with Crippen molar-refractivity contribution in [1.82, 2.24) is 0 Å². The number of halogens is 8. The van der Waals surface area contributed by atoms with E-state index in [1.54, 1.807) is 0 Å². The van der Waals surface area contributed by atoms with Gasteiger partial charge in [0, 0.05) is 10.0 Å². The highest BCUT2D eigenvalue weighted by Crippen LogP contribution is 2.49. The maximum Gasteiger partial charge on any atom is 0.455 e. The molecule has 1 aromatic rings. The van der Waals surface area contributed by atoms with Gasteiger partial charge in [-0.25, -0.2) is 0 Å². The molecule has 0 aliphatic rings. The van der Waals surface area contributed by atoms with Gasteiger partial charge in [-0.1, -0.05) is 15.9 Å². The number of phenolic OH excluding ortho intramolecular Hbond substituents is 1. The summed E-state index contributed by atoms with van der Waals surface area (Å²) in [4.78, 5) is 0. The summed E-state index contributed by atoms with van der Waals surface area (Å²) in [7, 11) is 0. The van der Waals surface area contributed by atoms with Crippen molar-refractivity contribution in [3.8, 4) is 5.75 Å². The Hall–Kier alpha value is 0.0700. The molecule has 0 radical (unpaired) electrons. The molecule has 0 aliphatic heterocycles. The highest BCUT2D eigenvalue weighted by atomic mass is 79.9. The molecule has 1 aromatic carbocycles. The van der Waals surface area contributed by atoms with Crippen molar-refractivity contribution in [2.45, 2.75) is 18.1 Å². The van der Waals surface area contributed by atoms with E-state index in [0.717, 1.165) is 6.07 Å². The molecule has 1 atom stereocenters. The van der Waals surface area contributed by atoms with Crippen LogP contribution < -0.4 is 5.73 Å². The second-order valence-electron chi connectivity index (χ2n) is 3.51. The first-order valence-electron chi connectivity index (χ1n) is 4.47. The molecule has 0 spiro atoms. The third-order valence-corrected chi connectivity index (χ3v) is 4.32. The van der Waals surface area contributed by atoms with Gasteiger partial charge in [0.15, 0.2) is 0 Å². The van der Waals surface area contributed by atoms with E-state index < -0.39 is 29.5 Å². The molecule has 0 heterocycles. The molecule has 10 heteroatoms. The van der Waals surface area contributed by atoms with Gasteiger partial charge < -0.3 is 10.8 Å². The first-order valence-corrected chi connectivity index (χ1v) is 6.85. The highest BCUT2D eigenvalue weighted by molar-refractivity contribution is 9.11. The number of alkyl halides is 5. The molecule has 1 rings (SSSR count). The van der Waals surface area contributed by atoms with E-state index >= 15 is 0 Å². The molecular weight excluding hydrogens is 473 g/mol. The van der Waals surface area contributed by atoms with Crippen LogP contribution in [-0.4, -0.2) is 17.2 Å². The zero-order valence-electron chi connectivity index (χ0n) is 8.70. The topological polar surface area (TPSA) is 46.2 Å². The minimum atomic E-state index is -5.80. The van der Waals surface area contributed by atoms with Crippen LogP contribution in [0, 0.1) is 0 Å². The molecule has 19 heavy (non-hydrogen) atoms. The molecule has 108 valence electrons. The van der Waals surface area contributed by atoms with Gasteiger partial charge in [-0.3, -0.25) is 0 Å². The van der Waals surface area contributed by atoms with Crippen LogP contribution in [0.3, 0.4) is 0 Å².